The third kappa shape index (κ3) is 2.45. The zero-order valence-electron chi connectivity index (χ0n) is 22.4. The summed E-state index contributed by atoms with van der Waals surface area (Å²) in [5, 5.41) is 0. The Morgan fingerprint density at radius 1 is 0.781 bits per heavy atom. The molecule has 2 heteroatoms. The molecule has 172 valence electrons. The van der Waals surface area contributed by atoms with E-state index in [1.165, 1.54) is 44.9 Å². The van der Waals surface area contributed by atoms with Crippen molar-refractivity contribution in [1.82, 2.24) is 0 Å². The Labute approximate surface area is 196 Å². The minimum Gasteiger partial charge on any atom is -0.252 e. The molecule has 0 spiro atoms. The normalized spacial score (nSPS) is 26.4. The van der Waals surface area contributed by atoms with Crippen molar-refractivity contribution in [3.63, 3.8) is 0 Å². The quantitative estimate of drug-likeness (QED) is 0.466. The molecule has 2 aromatic rings. The van der Waals surface area contributed by atoms with Crippen LogP contribution in [0.1, 0.15) is 88.8 Å². The van der Waals surface area contributed by atoms with E-state index in [-0.39, 0.29) is 16.5 Å². The zero-order chi connectivity index (χ0) is 24.0. The van der Waals surface area contributed by atoms with Gasteiger partial charge in [-0.1, -0.05) is 58.0 Å². The maximum absolute atomic E-state index is 2.79. The molecule has 0 bridgehead atoms. The molecule has 1 heterocycles. The number of hydrogen-bond acceptors (Lipinski definition) is 1. The molecule has 0 N–H and O–H groups in total. The molecule has 2 atom stereocenters. The third-order valence-electron chi connectivity index (χ3n) is 9.28. The number of rotatable bonds is 3. The fourth-order valence-corrected chi connectivity index (χ4v) is 7.21. The van der Waals surface area contributed by atoms with Crippen molar-refractivity contribution in [2.75, 3.05) is 4.90 Å². The maximum Gasteiger partial charge on any atom is 0.256 e. The minimum absolute atomic E-state index is 0.00180. The molecule has 0 unspecified atom stereocenters. The van der Waals surface area contributed by atoms with Crippen molar-refractivity contribution in [2.45, 2.75) is 106 Å². The predicted octanol–water partition coefficient (Wildman–Crippen LogP) is 7.18. The van der Waals surface area contributed by atoms with E-state index in [0.717, 1.165) is 0 Å². The summed E-state index contributed by atoms with van der Waals surface area (Å²) in [5.74, 6) is 1.88. The van der Waals surface area contributed by atoms with Crippen LogP contribution < -0.4 is 4.90 Å². The number of nitrogens with zero attached hydrogens (tertiary/aromatic N) is 2. The fourth-order valence-electron chi connectivity index (χ4n) is 7.21. The van der Waals surface area contributed by atoms with Crippen LogP contribution in [0.5, 0.6) is 0 Å². The highest BCUT2D eigenvalue weighted by atomic mass is 15.4. The van der Waals surface area contributed by atoms with E-state index in [9.17, 15) is 0 Å². The highest BCUT2D eigenvalue weighted by Gasteiger charge is 2.77. The topological polar surface area (TPSA) is 6.25 Å². The van der Waals surface area contributed by atoms with Gasteiger partial charge in [0, 0.05) is 11.0 Å². The van der Waals surface area contributed by atoms with Crippen LogP contribution in [0.25, 0.3) is 0 Å². The summed E-state index contributed by atoms with van der Waals surface area (Å²) in [4.78, 5) is 2.77. The first-order valence-electron chi connectivity index (χ1n) is 12.4. The molecule has 0 amide bonds. The van der Waals surface area contributed by atoms with Gasteiger partial charge in [0.15, 0.2) is 11.1 Å². The first-order valence-corrected chi connectivity index (χ1v) is 12.4. The van der Waals surface area contributed by atoms with Gasteiger partial charge in [-0.3, -0.25) is 4.58 Å². The minimum atomic E-state index is -0.174. The predicted molar refractivity (Wildman–Crippen MR) is 138 cm³/mol. The smallest absolute Gasteiger partial charge is 0.252 e. The second kappa shape index (κ2) is 6.95. The van der Waals surface area contributed by atoms with E-state index < -0.39 is 0 Å². The van der Waals surface area contributed by atoms with Crippen molar-refractivity contribution in [1.29, 1.82) is 0 Å². The number of fused-ring (bicyclic) bond motifs is 3. The van der Waals surface area contributed by atoms with Gasteiger partial charge in [-0.2, -0.15) is 0 Å². The Balaban J connectivity index is 2.23. The van der Waals surface area contributed by atoms with Crippen molar-refractivity contribution in [3.05, 3.63) is 63.7 Å². The Morgan fingerprint density at radius 3 is 1.75 bits per heavy atom. The standard InChI is InChI=1S/C30H43N2/c1-18(2)27-31(19(3)4)30(12)28(9,10)24-15-13-14-16-25(24)29(30,11)32(27)26-22(7)20(5)17-21(6)23(26)8/h13-19H,1-12H3/q+1/t29-,30+/m0/s1. The first-order chi connectivity index (χ1) is 14.7. The van der Waals surface area contributed by atoms with Crippen LogP contribution in [-0.4, -0.2) is 22.0 Å². The SMILES string of the molecule is Cc1cc(C)c(C)c(N2C(C(C)C)=[N+](C(C)C)[C@]3(C)C(C)(C)c4ccccc4[C@]23C)c1C. The summed E-state index contributed by atoms with van der Waals surface area (Å²) in [6, 6.07) is 12.0. The largest absolute Gasteiger partial charge is 0.256 e. The number of benzene rings is 2. The number of amidine groups is 1. The van der Waals surface area contributed by atoms with Crippen LogP contribution in [0.15, 0.2) is 30.3 Å². The van der Waals surface area contributed by atoms with Crippen LogP contribution in [0.2, 0.25) is 0 Å². The Morgan fingerprint density at radius 2 is 1.28 bits per heavy atom. The number of aryl methyl sites for hydroxylation is 2. The van der Waals surface area contributed by atoms with E-state index in [1.54, 1.807) is 0 Å². The molecule has 2 aromatic carbocycles. The summed E-state index contributed by atoms with van der Waals surface area (Å²) in [6.45, 7) is 28.6. The van der Waals surface area contributed by atoms with Gasteiger partial charge in [-0.15, -0.1) is 0 Å². The molecule has 1 aliphatic carbocycles. The van der Waals surface area contributed by atoms with Crippen molar-refractivity contribution in [3.8, 4) is 0 Å². The molecule has 0 radical (unpaired) electrons. The van der Waals surface area contributed by atoms with E-state index in [1.807, 2.05) is 0 Å². The van der Waals surface area contributed by atoms with Crippen LogP contribution >= 0.6 is 0 Å². The maximum atomic E-state index is 2.79. The average molecular weight is 432 g/mol. The molecular weight excluding hydrogens is 388 g/mol. The second-order valence-electron chi connectivity index (χ2n) is 11.7. The monoisotopic (exact) mass is 431 g/mol. The number of hydrogen-bond donors (Lipinski definition) is 0. The van der Waals surface area contributed by atoms with Gasteiger partial charge < -0.3 is 0 Å². The van der Waals surface area contributed by atoms with Crippen molar-refractivity contribution in [2.24, 2.45) is 5.92 Å². The average Bonchev–Trinajstić information content (AvgIpc) is 3.01. The molecule has 0 fully saturated rings. The number of anilines is 1. The molecular formula is C30H43N2+. The molecule has 2 nitrogen and oxygen atoms in total. The zero-order valence-corrected chi connectivity index (χ0v) is 22.4. The Hall–Kier alpha value is -2.09. The van der Waals surface area contributed by atoms with Crippen LogP contribution in [0.3, 0.4) is 0 Å². The van der Waals surface area contributed by atoms with E-state index in [2.05, 4.69) is 123 Å². The van der Waals surface area contributed by atoms with E-state index in [0.29, 0.717) is 12.0 Å². The lowest BCUT2D eigenvalue weighted by molar-refractivity contribution is -0.642. The lowest BCUT2D eigenvalue weighted by atomic mass is 9.66. The van der Waals surface area contributed by atoms with Crippen LogP contribution in [0.4, 0.5) is 5.69 Å². The summed E-state index contributed by atoms with van der Waals surface area (Å²) in [7, 11) is 0. The van der Waals surface area contributed by atoms with Crippen LogP contribution in [0, 0.1) is 33.6 Å². The highest BCUT2D eigenvalue weighted by Crippen LogP contribution is 2.64. The first kappa shape index (κ1) is 23.1. The van der Waals surface area contributed by atoms with Crippen molar-refractivity contribution >= 4 is 11.5 Å². The van der Waals surface area contributed by atoms with Gasteiger partial charge in [0.25, 0.3) is 5.84 Å². The summed E-state index contributed by atoms with van der Waals surface area (Å²) in [6.07, 6.45) is 0. The van der Waals surface area contributed by atoms with Gasteiger partial charge >= 0.3 is 0 Å². The molecule has 0 saturated carbocycles. The third-order valence-corrected chi connectivity index (χ3v) is 9.28. The lowest BCUT2D eigenvalue weighted by Gasteiger charge is -2.44. The summed E-state index contributed by atoms with van der Waals surface area (Å²) < 4.78 is 2.79. The fraction of sp³-hybridized carbons (Fsp3) is 0.567. The lowest BCUT2D eigenvalue weighted by Crippen LogP contribution is -2.61. The Bertz CT molecular complexity index is 1110. The second-order valence-corrected chi connectivity index (χ2v) is 11.7. The van der Waals surface area contributed by atoms with Gasteiger partial charge in [-0.05, 0) is 83.2 Å². The molecule has 0 aromatic heterocycles. The molecule has 1 aliphatic heterocycles. The summed E-state index contributed by atoms with van der Waals surface area (Å²) >= 11 is 0. The van der Waals surface area contributed by atoms with Gasteiger partial charge in [-0.25, -0.2) is 4.90 Å². The molecule has 2 aliphatic rings. The molecule has 32 heavy (non-hydrogen) atoms. The van der Waals surface area contributed by atoms with Gasteiger partial charge in [0.05, 0.1) is 12.0 Å². The summed E-state index contributed by atoms with van der Waals surface area (Å²) in [5.41, 5.74) is 9.68. The highest BCUT2D eigenvalue weighted by molar-refractivity contribution is 6.01. The van der Waals surface area contributed by atoms with Crippen LogP contribution in [-0.2, 0) is 11.0 Å². The molecule has 4 rings (SSSR count). The van der Waals surface area contributed by atoms with Gasteiger partial charge in [0.1, 0.15) is 5.69 Å². The van der Waals surface area contributed by atoms with Gasteiger partial charge in [0.2, 0.25) is 0 Å². The Kier molecular flexibility index (Phi) is 5.02. The van der Waals surface area contributed by atoms with E-state index >= 15 is 0 Å². The molecule has 0 saturated heterocycles. The van der Waals surface area contributed by atoms with E-state index in [4.69, 9.17) is 0 Å². The van der Waals surface area contributed by atoms with Crippen molar-refractivity contribution < 1.29 is 4.58 Å².